The molecule has 11 heteroatoms. The van der Waals surface area contributed by atoms with Crippen molar-refractivity contribution in [3.8, 4) is 0 Å². The van der Waals surface area contributed by atoms with Crippen molar-refractivity contribution in [1.29, 1.82) is 0 Å². The number of hydrogen-bond donors (Lipinski definition) is 3. The number of halogens is 1. The Morgan fingerprint density at radius 1 is 1.14 bits per heavy atom. The van der Waals surface area contributed by atoms with Gasteiger partial charge in [0.1, 0.15) is 0 Å². The van der Waals surface area contributed by atoms with E-state index in [0.717, 1.165) is 0 Å². The Hall–Kier alpha value is -2.43. The molecule has 2 aromatic rings. The van der Waals surface area contributed by atoms with Gasteiger partial charge in [0.2, 0.25) is 5.91 Å². The third kappa shape index (κ3) is 5.78. The van der Waals surface area contributed by atoms with Crippen LogP contribution in [0.1, 0.15) is 32.9 Å². The molecule has 2 heterocycles. The van der Waals surface area contributed by atoms with E-state index in [4.69, 9.17) is 11.6 Å². The smallest absolute Gasteiger partial charge is 0.269 e. The quantitative estimate of drug-likeness (QED) is 0.597. The standard InChI is InChI=1S/C18H18ClN3O5S2/c19-13-4-3-12(9-14(13)20-18(25)15-2-1-6-28-15)17(24)22-21-16(23)8-11-5-7-29(26,27)10-11/h1-4,6,9,11H,5,7-8,10H2,(H,20,25)(H,21,23)(H,22,24)/t11-/m1/s1. The number of hydrazine groups is 1. The summed E-state index contributed by atoms with van der Waals surface area (Å²) in [6, 6.07) is 7.73. The molecular formula is C18H18ClN3O5S2. The molecule has 1 fully saturated rings. The van der Waals surface area contributed by atoms with E-state index >= 15 is 0 Å². The normalized spacial score (nSPS) is 17.5. The first kappa shape index (κ1) is 21.3. The summed E-state index contributed by atoms with van der Waals surface area (Å²) in [5, 5.41) is 4.67. The highest BCUT2D eigenvalue weighted by atomic mass is 35.5. The molecule has 154 valence electrons. The molecule has 0 spiro atoms. The second kappa shape index (κ2) is 8.93. The van der Waals surface area contributed by atoms with Crippen LogP contribution >= 0.6 is 22.9 Å². The molecule has 3 rings (SSSR count). The largest absolute Gasteiger partial charge is 0.320 e. The number of carbonyl (C=O) groups is 3. The van der Waals surface area contributed by atoms with Crippen molar-refractivity contribution in [2.75, 3.05) is 16.8 Å². The van der Waals surface area contributed by atoms with Crippen LogP contribution in [0.5, 0.6) is 0 Å². The van der Waals surface area contributed by atoms with Crippen molar-refractivity contribution in [3.05, 3.63) is 51.2 Å². The van der Waals surface area contributed by atoms with E-state index in [2.05, 4.69) is 16.2 Å². The van der Waals surface area contributed by atoms with Crippen molar-refractivity contribution < 1.29 is 22.8 Å². The maximum absolute atomic E-state index is 12.3. The lowest BCUT2D eigenvalue weighted by molar-refractivity contribution is -0.122. The SMILES string of the molecule is O=C(C[C@H]1CCS(=O)(=O)C1)NNC(=O)c1ccc(Cl)c(NC(=O)c2cccs2)c1. The van der Waals surface area contributed by atoms with E-state index in [1.54, 1.807) is 17.5 Å². The highest BCUT2D eigenvalue weighted by Crippen LogP contribution is 2.24. The first-order valence-electron chi connectivity index (χ1n) is 8.67. The van der Waals surface area contributed by atoms with Gasteiger partial charge in [0.15, 0.2) is 9.84 Å². The molecular weight excluding hydrogens is 438 g/mol. The topological polar surface area (TPSA) is 121 Å². The molecule has 8 nitrogen and oxygen atoms in total. The molecule has 1 saturated heterocycles. The maximum Gasteiger partial charge on any atom is 0.269 e. The zero-order chi connectivity index (χ0) is 21.0. The van der Waals surface area contributed by atoms with Crippen molar-refractivity contribution in [1.82, 2.24) is 10.9 Å². The van der Waals surface area contributed by atoms with Gasteiger partial charge < -0.3 is 5.32 Å². The Morgan fingerprint density at radius 2 is 1.93 bits per heavy atom. The van der Waals surface area contributed by atoms with Crippen LogP contribution in [0.25, 0.3) is 0 Å². The van der Waals surface area contributed by atoms with Gasteiger partial charge in [-0.15, -0.1) is 11.3 Å². The van der Waals surface area contributed by atoms with Gasteiger partial charge in [-0.25, -0.2) is 8.42 Å². The molecule has 1 aromatic carbocycles. The van der Waals surface area contributed by atoms with Crippen LogP contribution in [0, 0.1) is 5.92 Å². The molecule has 3 amide bonds. The molecule has 0 aliphatic carbocycles. The number of hydrogen-bond acceptors (Lipinski definition) is 6. The van der Waals surface area contributed by atoms with E-state index in [1.165, 1.54) is 29.5 Å². The third-order valence-corrected chi connectivity index (χ3v) is 7.37. The number of rotatable bonds is 5. The molecule has 29 heavy (non-hydrogen) atoms. The summed E-state index contributed by atoms with van der Waals surface area (Å²) in [6.45, 7) is 0. The van der Waals surface area contributed by atoms with Crippen molar-refractivity contribution in [2.45, 2.75) is 12.8 Å². The molecule has 0 radical (unpaired) electrons. The molecule has 1 aliphatic rings. The lowest BCUT2D eigenvalue weighted by Crippen LogP contribution is -2.42. The first-order chi connectivity index (χ1) is 13.7. The number of sulfone groups is 1. The summed E-state index contributed by atoms with van der Waals surface area (Å²) in [6.07, 6.45) is 0.455. The number of nitrogens with one attached hydrogen (secondary N) is 3. The van der Waals surface area contributed by atoms with Crippen molar-refractivity contribution in [3.63, 3.8) is 0 Å². The van der Waals surface area contributed by atoms with Crippen LogP contribution in [0.2, 0.25) is 5.02 Å². The molecule has 1 aliphatic heterocycles. The Labute approximate surface area is 176 Å². The Balaban J connectivity index is 1.56. The fourth-order valence-corrected chi connectivity index (χ4v) is 5.54. The summed E-state index contributed by atoms with van der Waals surface area (Å²) >= 11 is 7.36. The van der Waals surface area contributed by atoms with Crippen LogP contribution in [0.4, 0.5) is 5.69 Å². The minimum Gasteiger partial charge on any atom is -0.320 e. The van der Waals surface area contributed by atoms with Gasteiger partial charge in [-0.05, 0) is 42.0 Å². The average molecular weight is 456 g/mol. The lowest BCUT2D eigenvalue weighted by Gasteiger charge is -2.11. The summed E-state index contributed by atoms with van der Waals surface area (Å²) in [7, 11) is -3.06. The summed E-state index contributed by atoms with van der Waals surface area (Å²) in [4.78, 5) is 36.9. The van der Waals surface area contributed by atoms with E-state index in [-0.39, 0.29) is 46.0 Å². The molecule has 1 aromatic heterocycles. The van der Waals surface area contributed by atoms with Gasteiger partial charge in [0.25, 0.3) is 11.8 Å². The highest BCUT2D eigenvalue weighted by molar-refractivity contribution is 7.91. The van der Waals surface area contributed by atoms with E-state index in [9.17, 15) is 22.8 Å². The Morgan fingerprint density at radius 3 is 2.59 bits per heavy atom. The Bertz CT molecular complexity index is 1040. The average Bonchev–Trinajstić information content (AvgIpc) is 3.31. The summed E-state index contributed by atoms with van der Waals surface area (Å²) in [5.74, 6) is -1.59. The van der Waals surface area contributed by atoms with E-state index in [0.29, 0.717) is 11.3 Å². The second-order valence-corrected chi connectivity index (χ2v) is 10.2. The molecule has 0 bridgehead atoms. The maximum atomic E-state index is 12.3. The number of amides is 3. The van der Waals surface area contributed by atoms with Crippen LogP contribution < -0.4 is 16.2 Å². The zero-order valence-electron chi connectivity index (χ0n) is 15.1. The fourth-order valence-electron chi connectivity index (χ4n) is 2.90. The minimum atomic E-state index is -3.06. The fraction of sp³-hybridized carbons (Fsp3) is 0.278. The van der Waals surface area contributed by atoms with Gasteiger partial charge in [-0.3, -0.25) is 25.2 Å². The molecule has 1 atom stereocenters. The summed E-state index contributed by atoms with van der Waals surface area (Å²) in [5.41, 5.74) is 5.00. The number of thiophene rings is 1. The van der Waals surface area contributed by atoms with Crippen molar-refractivity contribution in [2.24, 2.45) is 5.92 Å². The van der Waals surface area contributed by atoms with Crippen molar-refractivity contribution >= 4 is 56.2 Å². The van der Waals surface area contributed by atoms with Gasteiger partial charge >= 0.3 is 0 Å². The van der Waals surface area contributed by atoms with Crippen LogP contribution in [-0.4, -0.2) is 37.6 Å². The van der Waals surface area contributed by atoms with Gasteiger partial charge in [0, 0.05) is 12.0 Å². The predicted octanol–water partition coefficient (Wildman–Crippen LogP) is 2.24. The lowest BCUT2D eigenvalue weighted by atomic mass is 10.1. The van der Waals surface area contributed by atoms with Crippen LogP contribution in [0.3, 0.4) is 0 Å². The monoisotopic (exact) mass is 455 g/mol. The number of benzene rings is 1. The van der Waals surface area contributed by atoms with Crippen LogP contribution in [-0.2, 0) is 14.6 Å². The number of anilines is 1. The minimum absolute atomic E-state index is 0.0150. The summed E-state index contributed by atoms with van der Waals surface area (Å²) < 4.78 is 22.9. The third-order valence-electron chi connectivity index (χ3n) is 4.34. The number of carbonyl (C=O) groups excluding carboxylic acids is 3. The van der Waals surface area contributed by atoms with E-state index < -0.39 is 21.7 Å². The molecule has 0 saturated carbocycles. The zero-order valence-corrected chi connectivity index (χ0v) is 17.5. The Kier molecular flexibility index (Phi) is 6.56. The van der Waals surface area contributed by atoms with Gasteiger partial charge in [-0.1, -0.05) is 17.7 Å². The molecule has 0 unspecified atom stereocenters. The highest BCUT2D eigenvalue weighted by Gasteiger charge is 2.29. The van der Waals surface area contributed by atoms with Gasteiger partial charge in [0.05, 0.1) is 27.1 Å². The van der Waals surface area contributed by atoms with Gasteiger partial charge in [-0.2, -0.15) is 0 Å². The first-order valence-corrected chi connectivity index (χ1v) is 11.8. The predicted molar refractivity (Wildman–Crippen MR) is 111 cm³/mol. The van der Waals surface area contributed by atoms with Crippen LogP contribution in [0.15, 0.2) is 35.7 Å². The second-order valence-electron chi connectivity index (χ2n) is 6.60. The van der Waals surface area contributed by atoms with E-state index in [1.807, 2.05) is 0 Å². The molecule has 3 N–H and O–H groups in total.